The number of nitrogens with zero attached hydrogens (tertiary/aromatic N) is 1. The van der Waals surface area contributed by atoms with Gasteiger partial charge in [0.15, 0.2) is 0 Å². The summed E-state index contributed by atoms with van der Waals surface area (Å²) in [5.41, 5.74) is 0.499. The summed E-state index contributed by atoms with van der Waals surface area (Å²) >= 11 is 1.64. The summed E-state index contributed by atoms with van der Waals surface area (Å²) < 4.78 is 0. The highest BCUT2D eigenvalue weighted by molar-refractivity contribution is 7.09. The molecule has 1 aromatic heterocycles. The SMILES string of the molecule is CCC(O)(CC)Cc1nc(C)cs1. The molecule has 0 radical (unpaired) electrons. The Morgan fingerprint density at radius 1 is 1.46 bits per heavy atom. The van der Waals surface area contributed by atoms with Gasteiger partial charge in [0, 0.05) is 17.5 Å². The molecule has 0 saturated heterocycles. The Hall–Kier alpha value is -0.410. The van der Waals surface area contributed by atoms with Crippen molar-refractivity contribution < 1.29 is 5.11 Å². The molecule has 0 unspecified atom stereocenters. The average Bonchev–Trinajstić information content (AvgIpc) is 2.51. The molecule has 1 N–H and O–H groups in total. The number of thiazole rings is 1. The molecule has 1 rings (SSSR count). The van der Waals surface area contributed by atoms with Gasteiger partial charge in [0.2, 0.25) is 0 Å². The lowest BCUT2D eigenvalue weighted by atomic mass is 9.94. The second-order valence-corrected chi connectivity index (χ2v) is 4.43. The van der Waals surface area contributed by atoms with Crippen LogP contribution in [0.1, 0.15) is 37.4 Å². The van der Waals surface area contributed by atoms with Crippen molar-refractivity contribution in [1.29, 1.82) is 0 Å². The predicted octanol–water partition coefficient (Wildman–Crippen LogP) is 2.55. The summed E-state index contributed by atoms with van der Waals surface area (Å²) in [6.07, 6.45) is 2.28. The van der Waals surface area contributed by atoms with Gasteiger partial charge in [-0.25, -0.2) is 4.98 Å². The van der Waals surface area contributed by atoms with Crippen LogP contribution < -0.4 is 0 Å². The molecule has 1 heterocycles. The zero-order valence-corrected chi connectivity index (χ0v) is 9.32. The highest BCUT2D eigenvalue weighted by Crippen LogP contribution is 2.22. The molecule has 0 amide bonds. The van der Waals surface area contributed by atoms with E-state index >= 15 is 0 Å². The summed E-state index contributed by atoms with van der Waals surface area (Å²) in [4.78, 5) is 4.35. The van der Waals surface area contributed by atoms with E-state index in [1.807, 2.05) is 26.2 Å². The maximum atomic E-state index is 10.1. The average molecular weight is 199 g/mol. The smallest absolute Gasteiger partial charge is 0.0956 e. The number of aromatic nitrogens is 1. The van der Waals surface area contributed by atoms with Crippen LogP contribution in [0.4, 0.5) is 0 Å². The Labute approximate surface area is 83.6 Å². The van der Waals surface area contributed by atoms with E-state index in [1.54, 1.807) is 11.3 Å². The Kier molecular flexibility index (Phi) is 3.45. The monoisotopic (exact) mass is 199 g/mol. The molecule has 2 nitrogen and oxygen atoms in total. The third-order valence-corrected chi connectivity index (χ3v) is 3.43. The van der Waals surface area contributed by atoms with Gasteiger partial charge in [-0.1, -0.05) is 13.8 Å². The molecule has 1 aromatic rings. The van der Waals surface area contributed by atoms with Gasteiger partial charge in [-0.05, 0) is 19.8 Å². The summed E-state index contributed by atoms with van der Waals surface area (Å²) in [6, 6.07) is 0. The third-order valence-electron chi connectivity index (χ3n) is 2.46. The molecule has 0 aromatic carbocycles. The fourth-order valence-electron chi connectivity index (χ4n) is 1.27. The second kappa shape index (κ2) is 4.20. The van der Waals surface area contributed by atoms with E-state index in [4.69, 9.17) is 0 Å². The van der Waals surface area contributed by atoms with Crippen molar-refractivity contribution in [3.8, 4) is 0 Å². The van der Waals surface area contributed by atoms with Crippen LogP contribution in [-0.4, -0.2) is 15.7 Å². The molecule has 74 valence electrons. The van der Waals surface area contributed by atoms with Crippen LogP contribution in [0.25, 0.3) is 0 Å². The van der Waals surface area contributed by atoms with E-state index in [0.29, 0.717) is 6.42 Å². The highest BCUT2D eigenvalue weighted by Gasteiger charge is 2.23. The van der Waals surface area contributed by atoms with E-state index in [0.717, 1.165) is 23.5 Å². The van der Waals surface area contributed by atoms with E-state index < -0.39 is 5.60 Å². The normalized spacial score (nSPS) is 12.0. The first-order valence-electron chi connectivity index (χ1n) is 4.73. The first kappa shape index (κ1) is 10.7. The van der Waals surface area contributed by atoms with Gasteiger partial charge < -0.3 is 5.11 Å². The molecule has 0 fully saturated rings. The van der Waals surface area contributed by atoms with Gasteiger partial charge >= 0.3 is 0 Å². The Bertz CT molecular complexity index is 266. The molecule has 0 aliphatic rings. The first-order chi connectivity index (χ1) is 6.09. The zero-order chi connectivity index (χ0) is 9.90. The van der Waals surface area contributed by atoms with Crippen molar-refractivity contribution in [3.05, 3.63) is 16.1 Å². The lowest BCUT2D eigenvalue weighted by molar-refractivity contribution is 0.0326. The molecule has 3 heteroatoms. The van der Waals surface area contributed by atoms with E-state index in [9.17, 15) is 5.11 Å². The fraction of sp³-hybridized carbons (Fsp3) is 0.700. The predicted molar refractivity (Wildman–Crippen MR) is 56.1 cm³/mol. The van der Waals surface area contributed by atoms with Gasteiger partial charge in [-0.3, -0.25) is 0 Å². The van der Waals surface area contributed by atoms with Crippen LogP contribution in [0.2, 0.25) is 0 Å². The largest absolute Gasteiger partial charge is 0.389 e. The standard InChI is InChI=1S/C10H17NOS/c1-4-10(12,5-2)6-9-11-8(3)7-13-9/h7,12H,4-6H2,1-3H3. The van der Waals surface area contributed by atoms with E-state index in [1.165, 1.54) is 0 Å². The number of hydrogen-bond acceptors (Lipinski definition) is 3. The van der Waals surface area contributed by atoms with Crippen LogP contribution in [0, 0.1) is 6.92 Å². The molecule has 13 heavy (non-hydrogen) atoms. The maximum Gasteiger partial charge on any atom is 0.0956 e. The van der Waals surface area contributed by atoms with Crippen molar-refractivity contribution in [1.82, 2.24) is 4.98 Å². The number of aryl methyl sites for hydroxylation is 1. The highest BCUT2D eigenvalue weighted by atomic mass is 32.1. The Morgan fingerprint density at radius 2 is 2.08 bits per heavy atom. The molecule has 0 saturated carbocycles. The van der Waals surface area contributed by atoms with Crippen LogP contribution >= 0.6 is 11.3 Å². The summed E-state index contributed by atoms with van der Waals surface area (Å²) in [5, 5.41) is 13.1. The van der Waals surface area contributed by atoms with Gasteiger partial charge in [0.25, 0.3) is 0 Å². The molecular weight excluding hydrogens is 182 g/mol. The van der Waals surface area contributed by atoms with Crippen molar-refractivity contribution in [3.63, 3.8) is 0 Å². The number of rotatable bonds is 4. The topological polar surface area (TPSA) is 33.1 Å². The summed E-state index contributed by atoms with van der Waals surface area (Å²) in [5.74, 6) is 0. The minimum atomic E-state index is -0.551. The van der Waals surface area contributed by atoms with E-state index in [2.05, 4.69) is 4.98 Å². The number of aliphatic hydroxyl groups is 1. The minimum absolute atomic E-state index is 0.551. The Balaban J connectivity index is 2.67. The van der Waals surface area contributed by atoms with Crippen molar-refractivity contribution in [2.45, 2.75) is 45.6 Å². The first-order valence-corrected chi connectivity index (χ1v) is 5.61. The molecule has 0 aliphatic carbocycles. The summed E-state index contributed by atoms with van der Waals surface area (Å²) in [6.45, 7) is 6.02. The van der Waals surface area contributed by atoms with Crippen molar-refractivity contribution in [2.75, 3.05) is 0 Å². The molecule has 0 bridgehead atoms. The molecular formula is C10H17NOS. The van der Waals surface area contributed by atoms with Crippen LogP contribution in [0.5, 0.6) is 0 Å². The fourth-order valence-corrected chi connectivity index (χ4v) is 2.17. The van der Waals surface area contributed by atoms with Gasteiger partial charge in [-0.2, -0.15) is 0 Å². The van der Waals surface area contributed by atoms with Crippen LogP contribution in [0.15, 0.2) is 5.38 Å². The van der Waals surface area contributed by atoms with Gasteiger partial charge in [0.1, 0.15) is 0 Å². The van der Waals surface area contributed by atoms with Crippen LogP contribution in [0.3, 0.4) is 0 Å². The van der Waals surface area contributed by atoms with E-state index in [-0.39, 0.29) is 0 Å². The maximum absolute atomic E-state index is 10.1. The van der Waals surface area contributed by atoms with Gasteiger partial charge in [-0.15, -0.1) is 11.3 Å². The Morgan fingerprint density at radius 3 is 2.46 bits per heavy atom. The second-order valence-electron chi connectivity index (χ2n) is 3.49. The minimum Gasteiger partial charge on any atom is -0.389 e. The molecule has 0 spiro atoms. The van der Waals surface area contributed by atoms with Crippen molar-refractivity contribution >= 4 is 11.3 Å². The molecule has 0 atom stereocenters. The summed E-state index contributed by atoms with van der Waals surface area (Å²) in [7, 11) is 0. The lowest BCUT2D eigenvalue weighted by Gasteiger charge is -2.23. The lowest BCUT2D eigenvalue weighted by Crippen LogP contribution is -2.29. The third kappa shape index (κ3) is 2.78. The van der Waals surface area contributed by atoms with Gasteiger partial charge in [0.05, 0.1) is 10.6 Å². The molecule has 0 aliphatic heterocycles. The zero-order valence-electron chi connectivity index (χ0n) is 8.50. The van der Waals surface area contributed by atoms with Crippen LogP contribution in [-0.2, 0) is 6.42 Å². The van der Waals surface area contributed by atoms with Crippen molar-refractivity contribution in [2.24, 2.45) is 0 Å². The quantitative estimate of drug-likeness (QED) is 0.808. The number of hydrogen-bond donors (Lipinski definition) is 1.